The monoisotopic (exact) mass is 1010 g/mol. The van der Waals surface area contributed by atoms with Gasteiger partial charge < -0.3 is 14.2 Å². The lowest BCUT2D eigenvalue weighted by Gasteiger charge is -2.18. The van der Waals surface area contributed by atoms with E-state index in [4.69, 9.17) is 14.2 Å². The third kappa shape index (κ3) is 58.8. The highest BCUT2D eigenvalue weighted by atomic mass is 16.6. The number of allylic oxidation sites excluding steroid dienone is 18. The molecule has 0 radical (unpaired) electrons. The first-order valence-corrected chi connectivity index (χ1v) is 30.4. The summed E-state index contributed by atoms with van der Waals surface area (Å²) in [6.45, 7) is 6.48. The van der Waals surface area contributed by atoms with E-state index in [0.717, 1.165) is 122 Å². The number of hydrogen-bond donors (Lipinski definition) is 0. The Kier molecular flexibility index (Phi) is 57.4. The Balaban J connectivity index is 4.47. The van der Waals surface area contributed by atoms with Crippen LogP contribution in [0, 0.1) is 0 Å². The molecule has 0 rings (SSSR count). The van der Waals surface area contributed by atoms with E-state index in [0.29, 0.717) is 19.3 Å². The maximum atomic E-state index is 12.9. The van der Waals surface area contributed by atoms with Gasteiger partial charge in [0.15, 0.2) is 6.10 Å². The van der Waals surface area contributed by atoms with Crippen LogP contribution in [0.1, 0.15) is 278 Å². The fraction of sp³-hybridized carbons (Fsp3) is 0.687. The van der Waals surface area contributed by atoms with Crippen LogP contribution in [0.2, 0.25) is 0 Å². The van der Waals surface area contributed by atoms with Crippen molar-refractivity contribution in [3.8, 4) is 0 Å². The number of ether oxygens (including phenoxy) is 3. The molecule has 0 N–H and O–H groups in total. The zero-order chi connectivity index (χ0) is 52.9. The largest absolute Gasteiger partial charge is 0.462 e. The van der Waals surface area contributed by atoms with E-state index < -0.39 is 6.10 Å². The Hall–Kier alpha value is -3.93. The number of carbonyl (C=O) groups is 3. The maximum Gasteiger partial charge on any atom is 0.306 e. The smallest absolute Gasteiger partial charge is 0.306 e. The average molecular weight is 1010 g/mol. The van der Waals surface area contributed by atoms with Crippen LogP contribution >= 0.6 is 0 Å². The molecule has 0 aromatic rings. The minimum Gasteiger partial charge on any atom is -0.462 e. The molecule has 6 nitrogen and oxygen atoms in total. The lowest BCUT2D eigenvalue weighted by molar-refractivity contribution is -0.167. The third-order valence-corrected chi connectivity index (χ3v) is 12.8. The summed E-state index contributed by atoms with van der Waals surface area (Å²) in [5, 5.41) is 0. The van der Waals surface area contributed by atoms with Crippen LogP contribution in [0.25, 0.3) is 0 Å². The van der Waals surface area contributed by atoms with Crippen molar-refractivity contribution in [1.29, 1.82) is 0 Å². The standard InChI is InChI=1S/C67H112O6/c1-4-7-10-13-16-19-22-25-27-29-31-33-35-37-39-42-45-48-51-54-57-60-66(69)72-63-64(62-71-65(68)59-56-53-50-47-44-41-24-21-18-15-12-9-6-3)73-67(70)61-58-55-52-49-46-43-40-38-36-34-32-30-28-26-23-20-17-14-11-8-5-2/h7,10,16,19,23,25-27,30-33,36-39,45,48,64H,4-6,8-9,11-15,17-18,20-22,24,28-29,34-35,40-44,46-47,49-63H2,1-3H3/b10-7-,19-16-,26-23-,27-25-,32-30-,33-31-,38-36-,39-37-,48-45-. The van der Waals surface area contributed by atoms with E-state index in [1.54, 1.807) is 0 Å². The zero-order valence-electron chi connectivity index (χ0n) is 47.6. The molecule has 0 saturated carbocycles. The summed E-state index contributed by atoms with van der Waals surface area (Å²) in [5.74, 6) is -0.950. The molecule has 73 heavy (non-hydrogen) atoms. The molecule has 416 valence electrons. The molecule has 0 saturated heterocycles. The number of esters is 3. The summed E-state index contributed by atoms with van der Waals surface area (Å²) in [7, 11) is 0. The van der Waals surface area contributed by atoms with Crippen molar-refractivity contribution in [2.45, 2.75) is 284 Å². The Labute approximate surface area is 450 Å². The van der Waals surface area contributed by atoms with Gasteiger partial charge in [0.05, 0.1) is 0 Å². The van der Waals surface area contributed by atoms with Crippen LogP contribution in [0.5, 0.6) is 0 Å². The highest BCUT2D eigenvalue weighted by Crippen LogP contribution is 2.15. The van der Waals surface area contributed by atoms with E-state index in [1.165, 1.54) is 116 Å². The van der Waals surface area contributed by atoms with Gasteiger partial charge in [0.25, 0.3) is 0 Å². The van der Waals surface area contributed by atoms with Gasteiger partial charge in [-0.1, -0.05) is 259 Å². The summed E-state index contributed by atoms with van der Waals surface area (Å²) in [4.78, 5) is 38.2. The summed E-state index contributed by atoms with van der Waals surface area (Å²) in [6.07, 6.45) is 82.2. The Morgan fingerprint density at radius 2 is 0.534 bits per heavy atom. The quantitative estimate of drug-likeness (QED) is 0.0261. The van der Waals surface area contributed by atoms with Gasteiger partial charge in [-0.2, -0.15) is 0 Å². The topological polar surface area (TPSA) is 78.9 Å². The van der Waals surface area contributed by atoms with Gasteiger partial charge in [0.2, 0.25) is 0 Å². The molecule has 0 aliphatic rings. The Morgan fingerprint density at radius 1 is 0.288 bits per heavy atom. The predicted octanol–water partition coefficient (Wildman–Crippen LogP) is 20.7. The van der Waals surface area contributed by atoms with Crippen LogP contribution < -0.4 is 0 Å². The fourth-order valence-electron chi connectivity index (χ4n) is 8.22. The predicted molar refractivity (Wildman–Crippen MR) is 316 cm³/mol. The van der Waals surface area contributed by atoms with Crippen molar-refractivity contribution < 1.29 is 28.6 Å². The number of rotatable bonds is 54. The number of hydrogen-bond acceptors (Lipinski definition) is 6. The summed E-state index contributed by atoms with van der Waals surface area (Å²) in [5.41, 5.74) is 0. The molecule has 1 atom stereocenters. The van der Waals surface area contributed by atoms with Crippen LogP contribution in [0.3, 0.4) is 0 Å². The molecule has 0 aromatic carbocycles. The van der Waals surface area contributed by atoms with Crippen molar-refractivity contribution in [3.05, 3.63) is 109 Å². The van der Waals surface area contributed by atoms with Gasteiger partial charge in [0, 0.05) is 19.3 Å². The molecule has 6 heteroatoms. The molecule has 0 aliphatic heterocycles. The minimum absolute atomic E-state index is 0.0969. The normalized spacial score (nSPS) is 12.9. The van der Waals surface area contributed by atoms with E-state index in [9.17, 15) is 14.4 Å². The van der Waals surface area contributed by atoms with Gasteiger partial charge in [-0.25, -0.2) is 0 Å². The van der Waals surface area contributed by atoms with Gasteiger partial charge >= 0.3 is 17.9 Å². The SMILES string of the molecule is CC/C=C\C/C=C\C/C=C\C/C=C\C/C=C\C/C=C\CCCCC(=O)OCC(COC(=O)CCCCCCCCCCCCCCC)OC(=O)CCCCCCCC/C=C\C/C=C\C/C=C\CCCCCCC. The van der Waals surface area contributed by atoms with Crippen molar-refractivity contribution in [1.82, 2.24) is 0 Å². The van der Waals surface area contributed by atoms with Crippen molar-refractivity contribution >= 4 is 17.9 Å². The van der Waals surface area contributed by atoms with E-state index in [1.807, 2.05) is 0 Å². The first kappa shape index (κ1) is 69.1. The first-order valence-electron chi connectivity index (χ1n) is 30.4. The summed E-state index contributed by atoms with van der Waals surface area (Å²) >= 11 is 0. The van der Waals surface area contributed by atoms with E-state index in [-0.39, 0.29) is 31.1 Å². The highest BCUT2D eigenvalue weighted by molar-refractivity contribution is 5.71. The van der Waals surface area contributed by atoms with Gasteiger partial charge in [-0.3, -0.25) is 14.4 Å². The first-order chi connectivity index (χ1) is 36.0. The highest BCUT2D eigenvalue weighted by Gasteiger charge is 2.19. The second-order valence-corrected chi connectivity index (χ2v) is 19.9. The number of unbranched alkanes of at least 4 members (excludes halogenated alkanes) is 25. The molecule has 1 unspecified atom stereocenters. The van der Waals surface area contributed by atoms with Crippen molar-refractivity contribution in [2.24, 2.45) is 0 Å². The second kappa shape index (κ2) is 60.6. The number of carbonyl (C=O) groups excluding carboxylic acids is 3. The molecule has 0 aliphatic carbocycles. The van der Waals surface area contributed by atoms with Crippen LogP contribution in [0.4, 0.5) is 0 Å². The second-order valence-electron chi connectivity index (χ2n) is 19.9. The minimum atomic E-state index is -0.804. The van der Waals surface area contributed by atoms with Crippen molar-refractivity contribution in [3.63, 3.8) is 0 Å². The molecular formula is C67H112O6. The molecule has 0 bridgehead atoms. The molecular weight excluding hydrogens is 901 g/mol. The Morgan fingerprint density at radius 3 is 0.863 bits per heavy atom. The van der Waals surface area contributed by atoms with Crippen molar-refractivity contribution in [2.75, 3.05) is 13.2 Å². The molecule has 0 heterocycles. The van der Waals surface area contributed by atoms with Gasteiger partial charge in [-0.05, 0) is 109 Å². The van der Waals surface area contributed by atoms with Crippen LogP contribution in [0.15, 0.2) is 109 Å². The fourth-order valence-corrected chi connectivity index (χ4v) is 8.22. The molecule has 0 spiro atoms. The van der Waals surface area contributed by atoms with Crippen LogP contribution in [-0.2, 0) is 28.6 Å². The van der Waals surface area contributed by atoms with E-state index in [2.05, 4.69) is 130 Å². The zero-order valence-corrected chi connectivity index (χ0v) is 47.6. The lowest BCUT2D eigenvalue weighted by Crippen LogP contribution is -2.30. The van der Waals surface area contributed by atoms with Crippen LogP contribution in [-0.4, -0.2) is 37.2 Å². The third-order valence-electron chi connectivity index (χ3n) is 12.8. The molecule has 0 amide bonds. The van der Waals surface area contributed by atoms with Gasteiger partial charge in [-0.15, -0.1) is 0 Å². The molecule has 0 aromatic heterocycles. The maximum absolute atomic E-state index is 12.9. The summed E-state index contributed by atoms with van der Waals surface area (Å²) < 4.78 is 16.9. The van der Waals surface area contributed by atoms with E-state index >= 15 is 0 Å². The lowest BCUT2D eigenvalue weighted by atomic mass is 10.0. The van der Waals surface area contributed by atoms with Gasteiger partial charge in [0.1, 0.15) is 13.2 Å². The Bertz CT molecular complexity index is 1490. The molecule has 0 fully saturated rings. The average Bonchev–Trinajstić information content (AvgIpc) is 3.39. The summed E-state index contributed by atoms with van der Waals surface area (Å²) in [6, 6.07) is 0.